The van der Waals surface area contributed by atoms with E-state index in [2.05, 4.69) is 55.2 Å². The summed E-state index contributed by atoms with van der Waals surface area (Å²) < 4.78 is 0. The van der Waals surface area contributed by atoms with Gasteiger partial charge in [0.2, 0.25) is 0 Å². The van der Waals surface area contributed by atoms with Crippen LogP contribution in [0, 0.1) is 17.8 Å². The molecule has 3 rings (SSSR count). The van der Waals surface area contributed by atoms with Crippen molar-refractivity contribution in [1.82, 2.24) is 4.90 Å². The van der Waals surface area contributed by atoms with Crippen molar-refractivity contribution >= 4 is 0 Å². The van der Waals surface area contributed by atoms with E-state index in [1.165, 1.54) is 38.9 Å². The fraction of sp³-hybridized carbons (Fsp3) is 0.579. The van der Waals surface area contributed by atoms with Gasteiger partial charge >= 0.3 is 0 Å². The van der Waals surface area contributed by atoms with Gasteiger partial charge in [-0.1, -0.05) is 48.5 Å². The van der Waals surface area contributed by atoms with Crippen molar-refractivity contribution in [3.63, 3.8) is 0 Å². The first-order valence-corrected chi connectivity index (χ1v) is 8.22. The summed E-state index contributed by atoms with van der Waals surface area (Å²) in [7, 11) is 0. The largest absolute Gasteiger partial charge is 0.303 e. The molecule has 0 saturated carbocycles. The SMILES string of the molecule is CC=CC1=C(C)C(CN2CCCCC2)C2C=CC=CC12. The third-order valence-electron chi connectivity index (χ3n) is 5.26. The van der Waals surface area contributed by atoms with Crippen molar-refractivity contribution in [1.29, 1.82) is 0 Å². The van der Waals surface area contributed by atoms with Gasteiger partial charge in [0.05, 0.1) is 0 Å². The molecule has 1 heterocycles. The van der Waals surface area contributed by atoms with Crippen LogP contribution in [-0.2, 0) is 0 Å². The number of piperidine rings is 1. The number of hydrogen-bond acceptors (Lipinski definition) is 1. The summed E-state index contributed by atoms with van der Waals surface area (Å²) in [5.74, 6) is 2.02. The van der Waals surface area contributed by atoms with Crippen molar-refractivity contribution in [2.24, 2.45) is 17.8 Å². The zero-order valence-corrected chi connectivity index (χ0v) is 12.9. The summed E-state index contributed by atoms with van der Waals surface area (Å²) in [6.07, 6.45) is 18.1. The molecule has 2 aliphatic carbocycles. The normalized spacial score (nSPS) is 34.2. The van der Waals surface area contributed by atoms with Gasteiger partial charge in [0.1, 0.15) is 0 Å². The lowest BCUT2D eigenvalue weighted by atomic mass is 9.82. The summed E-state index contributed by atoms with van der Waals surface area (Å²) in [6, 6.07) is 0. The van der Waals surface area contributed by atoms with E-state index in [1.54, 1.807) is 11.1 Å². The maximum Gasteiger partial charge on any atom is 0.00897 e. The second-order valence-corrected chi connectivity index (χ2v) is 6.48. The number of fused-ring (bicyclic) bond motifs is 1. The fourth-order valence-corrected chi connectivity index (χ4v) is 4.19. The Balaban J connectivity index is 1.81. The molecule has 0 bridgehead atoms. The van der Waals surface area contributed by atoms with E-state index in [0.29, 0.717) is 17.8 Å². The third-order valence-corrected chi connectivity index (χ3v) is 5.26. The first kappa shape index (κ1) is 13.9. The lowest BCUT2D eigenvalue weighted by Gasteiger charge is -2.32. The highest BCUT2D eigenvalue weighted by Crippen LogP contribution is 2.45. The molecular formula is C19H27N. The zero-order chi connectivity index (χ0) is 13.9. The molecule has 1 heteroatoms. The van der Waals surface area contributed by atoms with Crippen molar-refractivity contribution in [2.75, 3.05) is 19.6 Å². The van der Waals surface area contributed by atoms with E-state index < -0.39 is 0 Å². The van der Waals surface area contributed by atoms with Crippen molar-refractivity contribution in [3.05, 3.63) is 47.6 Å². The van der Waals surface area contributed by atoms with Crippen LogP contribution in [-0.4, -0.2) is 24.5 Å². The van der Waals surface area contributed by atoms with Crippen LogP contribution >= 0.6 is 0 Å². The lowest BCUT2D eigenvalue weighted by Crippen LogP contribution is -2.36. The number of likely N-dealkylation sites (tertiary alicyclic amines) is 1. The van der Waals surface area contributed by atoms with E-state index in [1.807, 2.05) is 0 Å². The number of nitrogens with zero attached hydrogens (tertiary/aromatic N) is 1. The van der Waals surface area contributed by atoms with Gasteiger partial charge in [-0.25, -0.2) is 0 Å². The highest BCUT2D eigenvalue weighted by Gasteiger charge is 2.38. The minimum atomic E-state index is 0.617. The second-order valence-electron chi connectivity index (χ2n) is 6.48. The molecular weight excluding hydrogens is 242 g/mol. The van der Waals surface area contributed by atoms with Gasteiger partial charge in [0.15, 0.2) is 0 Å². The topological polar surface area (TPSA) is 3.24 Å². The summed E-state index contributed by atoms with van der Waals surface area (Å²) >= 11 is 0. The Morgan fingerprint density at radius 2 is 1.90 bits per heavy atom. The highest BCUT2D eigenvalue weighted by atomic mass is 15.1. The molecule has 0 aromatic carbocycles. The van der Waals surface area contributed by atoms with Gasteiger partial charge in [-0.2, -0.15) is 0 Å². The average molecular weight is 269 g/mol. The molecule has 0 aromatic heterocycles. The molecule has 3 aliphatic rings. The summed E-state index contributed by atoms with van der Waals surface area (Å²) in [4.78, 5) is 2.69. The highest BCUT2D eigenvalue weighted by molar-refractivity contribution is 5.42. The number of allylic oxidation sites excluding steroid dienone is 7. The smallest absolute Gasteiger partial charge is 0.00897 e. The first-order valence-electron chi connectivity index (χ1n) is 8.22. The van der Waals surface area contributed by atoms with Crippen LogP contribution in [0.2, 0.25) is 0 Å². The van der Waals surface area contributed by atoms with Crippen LogP contribution in [0.1, 0.15) is 33.1 Å². The van der Waals surface area contributed by atoms with E-state index in [4.69, 9.17) is 0 Å². The molecule has 20 heavy (non-hydrogen) atoms. The molecule has 3 unspecified atom stereocenters. The minimum Gasteiger partial charge on any atom is -0.303 e. The van der Waals surface area contributed by atoms with Gasteiger partial charge in [-0.3, -0.25) is 0 Å². The molecule has 0 spiro atoms. The van der Waals surface area contributed by atoms with Crippen molar-refractivity contribution in [2.45, 2.75) is 33.1 Å². The standard InChI is InChI=1S/C19H27N/c1-3-9-16-15(2)19(14-20-12-7-4-8-13-20)18-11-6-5-10-17(16)18/h3,5-6,9-11,17-19H,4,7-8,12-14H2,1-2H3. The molecule has 108 valence electrons. The molecule has 1 saturated heterocycles. The quantitative estimate of drug-likeness (QED) is 0.736. The van der Waals surface area contributed by atoms with Crippen LogP contribution < -0.4 is 0 Å². The Morgan fingerprint density at radius 1 is 1.15 bits per heavy atom. The summed E-state index contributed by atoms with van der Waals surface area (Å²) in [6.45, 7) is 8.37. The zero-order valence-electron chi connectivity index (χ0n) is 12.9. The fourth-order valence-electron chi connectivity index (χ4n) is 4.19. The average Bonchev–Trinajstić information content (AvgIpc) is 2.75. The van der Waals surface area contributed by atoms with Gasteiger partial charge in [0.25, 0.3) is 0 Å². The van der Waals surface area contributed by atoms with Crippen LogP contribution in [0.5, 0.6) is 0 Å². The van der Waals surface area contributed by atoms with Crippen molar-refractivity contribution < 1.29 is 0 Å². The molecule has 3 atom stereocenters. The van der Waals surface area contributed by atoms with Gasteiger partial charge in [0, 0.05) is 12.5 Å². The van der Waals surface area contributed by atoms with Crippen LogP contribution in [0.25, 0.3) is 0 Å². The number of rotatable bonds is 3. The Kier molecular flexibility index (Phi) is 4.26. The molecule has 1 fully saturated rings. The van der Waals surface area contributed by atoms with E-state index in [-0.39, 0.29) is 0 Å². The van der Waals surface area contributed by atoms with Crippen molar-refractivity contribution in [3.8, 4) is 0 Å². The molecule has 0 radical (unpaired) electrons. The van der Waals surface area contributed by atoms with Gasteiger partial charge in [-0.05, 0) is 57.2 Å². The molecule has 1 aliphatic heterocycles. The van der Waals surface area contributed by atoms with E-state index >= 15 is 0 Å². The van der Waals surface area contributed by atoms with E-state index in [0.717, 1.165) is 0 Å². The van der Waals surface area contributed by atoms with Crippen LogP contribution in [0.15, 0.2) is 47.6 Å². The lowest BCUT2D eigenvalue weighted by molar-refractivity contribution is 0.190. The maximum atomic E-state index is 2.69. The monoisotopic (exact) mass is 269 g/mol. The Morgan fingerprint density at radius 3 is 2.65 bits per heavy atom. The molecule has 0 amide bonds. The maximum absolute atomic E-state index is 2.69. The third kappa shape index (κ3) is 2.56. The molecule has 1 nitrogen and oxygen atoms in total. The second kappa shape index (κ2) is 6.13. The Hall–Kier alpha value is -1.08. The summed E-state index contributed by atoms with van der Waals surface area (Å²) in [5, 5.41) is 0. The van der Waals surface area contributed by atoms with Crippen LogP contribution in [0.3, 0.4) is 0 Å². The predicted molar refractivity (Wildman–Crippen MR) is 86.6 cm³/mol. The predicted octanol–water partition coefficient (Wildman–Crippen LogP) is 4.35. The van der Waals surface area contributed by atoms with E-state index in [9.17, 15) is 0 Å². The molecule has 0 N–H and O–H groups in total. The summed E-state index contributed by atoms with van der Waals surface area (Å²) in [5.41, 5.74) is 3.19. The minimum absolute atomic E-state index is 0.617. The Labute approximate surface area is 123 Å². The Bertz CT molecular complexity index is 460. The van der Waals surface area contributed by atoms with Gasteiger partial charge in [-0.15, -0.1) is 0 Å². The van der Waals surface area contributed by atoms with Crippen LogP contribution in [0.4, 0.5) is 0 Å². The molecule has 0 aromatic rings. The first-order chi connectivity index (χ1) is 9.81. The number of hydrogen-bond donors (Lipinski definition) is 0. The van der Waals surface area contributed by atoms with Gasteiger partial charge < -0.3 is 4.90 Å².